The van der Waals surface area contributed by atoms with Gasteiger partial charge in [0.2, 0.25) is 29.1 Å². The van der Waals surface area contributed by atoms with Crippen LogP contribution in [0, 0.1) is 29.1 Å². The quantitative estimate of drug-likeness (QED) is 0.391. The molecule has 0 amide bonds. The number of hydrogen-bond acceptors (Lipinski definition) is 3. The molecule has 0 atom stereocenters. The maximum absolute atomic E-state index is 12.8. The van der Waals surface area contributed by atoms with Crippen LogP contribution in [0.2, 0.25) is 0 Å². The zero-order valence-electron chi connectivity index (χ0n) is 7.11. The van der Waals surface area contributed by atoms with Gasteiger partial charge in [-0.1, -0.05) is 0 Å². The SMILES string of the molecule is OB(OCl)Oc1c(F)c(F)c(F)c(F)c1F. The molecule has 0 unspecified atom stereocenters. The Morgan fingerprint density at radius 2 is 1.25 bits per heavy atom. The summed E-state index contributed by atoms with van der Waals surface area (Å²) in [6.45, 7) is 0. The van der Waals surface area contributed by atoms with Crippen LogP contribution in [-0.2, 0) is 4.21 Å². The van der Waals surface area contributed by atoms with E-state index in [1.807, 2.05) is 0 Å². The summed E-state index contributed by atoms with van der Waals surface area (Å²) in [4.78, 5) is 0. The maximum atomic E-state index is 12.8. The molecule has 0 heterocycles. The molecular weight excluding hydrogens is 261 g/mol. The Morgan fingerprint density at radius 3 is 1.62 bits per heavy atom. The largest absolute Gasteiger partial charge is 0.727 e. The van der Waals surface area contributed by atoms with Gasteiger partial charge in [-0.3, -0.25) is 4.21 Å². The summed E-state index contributed by atoms with van der Waals surface area (Å²) in [6, 6.07) is 0. The van der Waals surface area contributed by atoms with E-state index < -0.39 is 42.2 Å². The van der Waals surface area contributed by atoms with Crippen molar-refractivity contribution >= 4 is 19.2 Å². The van der Waals surface area contributed by atoms with Crippen LogP contribution in [0.25, 0.3) is 0 Å². The van der Waals surface area contributed by atoms with Crippen molar-refractivity contribution in [2.45, 2.75) is 0 Å². The van der Waals surface area contributed by atoms with E-state index >= 15 is 0 Å². The highest BCUT2D eigenvalue weighted by Crippen LogP contribution is 2.29. The Balaban J connectivity index is 3.28. The molecule has 88 valence electrons. The standard InChI is InChI=1S/C6HBClF5O3/c8-16-7(14)15-6-4(12)2(10)1(9)3(11)5(6)13/h14H. The fourth-order valence-corrected chi connectivity index (χ4v) is 0.844. The summed E-state index contributed by atoms with van der Waals surface area (Å²) in [5.41, 5.74) is 0. The Kier molecular flexibility index (Phi) is 3.95. The minimum Gasteiger partial charge on any atom is -0.506 e. The average Bonchev–Trinajstić information content (AvgIpc) is 2.29. The van der Waals surface area contributed by atoms with Crippen molar-refractivity contribution in [1.82, 2.24) is 0 Å². The van der Waals surface area contributed by atoms with Crippen LogP contribution < -0.4 is 4.65 Å². The second kappa shape index (κ2) is 4.85. The van der Waals surface area contributed by atoms with Crippen LogP contribution in [-0.4, -0.2) is 12.3 Å². The van der Waals surface area contributed by atoms with Gasteiger partial charge in [-0.2, -0.15) is 8.78 Å². The molecule has 10 heteroatoms. The number of halogens is 6. The molecule has 0 saturated heterocycles. The first kappa shape index (κ1) is 13.0. The Bertz CT molecular complexity index is 389. The lowest BCUT2D eigenvalue weighted by molar-refractivity contribution is 0.278. The van der Waals surface area contributed by atoms with Gasteiger partial charge in [0.15, 0.2) is 5.75 Å². The first-order chi connectivity index (χ1) is 7.40. The van der Waals surface area contributed by atoms with Gasteiger partial charge in [0.25, 0.3) is 0 Å². The van der Waals surface area contributed by atoms with Crippen LogP contribution in [0.4, 0.5) is 22.0 Å². The molecule has 1 aromatic rings. The second-order valence-corrected chi connectivity index (χ2v) is 2.59. The first-order valence-electron chi connectivity index (χ1n) is 3.53. The molecule has 0 aliphatic rings. The summed E-state index contributed by atoms with van der Waals surface area (Å²) >= 11 is 4.54. The number of hydrogen-bond donors (Lipinski definition) is 1. The highest BCUT2D eigenvalue weighted by Gasteiger charge is 2.30. The molecule has 0 radical (unpaired) electrons. The highest BCUT2D eigenvalue weighted by molar-refractivity contribution is 6.42. The molecule has 16 heavy (non-hydrogen) atoms. The summed E-state index contributed by atoms with van der Waals surface area (Å²) in [5, 5.41) is 8.56. The molecule has 3 nitrogen and oxygen atoms in total. The molecule has 0 aliphatic carbocycles. The molecule has 0 saturated carbocycles. The third-order valence-electron chi connectivity index (χ3n) is 1.46. The molecule has 0 aliphatic heterocycles. The third-order valence-corrected chi connectivity index (χ3v) is 1.62. The van der Waals surface area contributed by atoms with E-state index in [-0.39, 0.29) is 0 Å². The lowest BCUT2D eigenvalue weighted by Gasteiger charge is -2.09. The van der Waals surface area contributed by atoms with Gasteiger partial charge in [-0.05, 0) is 0 Å². The summed E-state index contributed by atoms with van der Waals surface area (Å²) in [7, 11) is -2.38. The van der Waals surface area contributed by atoms with Gasteiger partial charge in [-0.15, -0.1) is 0 Å². The summed E-state index contributed by atoms with van der Waals surface area (Å²) in [6.07, 6.45) is 0. The summed E-state index contributed by atoms with van der Waals surface area (Å²) < 4.78 is 70.7. The van der Waals surface area contributed by atoms with Crippen molar-refractivity contribution in [3.8, 4) is 5.75 Å². The minimum atomic E-state index is -2.38. The number of benzene rings is 1. The predicted molar refractivity (Wildman–Crippen MR) is 41.8 cm³/mol. The van der Waals surface area contributed by atoms with Crippen molar-refractivity contribution in [2.75, 3.05) is 0 Å². The van der Waals surface area contributed by atoms with Crippen LogP contribution >= 0.6 is 11.9 Å². The highest BCUT2D eigenvalue weighted by atomic mass is 35.5. The van der Waals surface area contributed by atoms with Gasteiger partial charge in [0, 0.05) is 11.9 Å². The normalized spacial score (nSPS) is 10.4. The van der Waals surface area contributed by atoms with Crippen LogP contribution in [0.5, 0.6) is 5.75 Å². The first-order valence-corrected chi connectivity index (χ1v) is 3.84. The molecular formula is C6HBClF5O3. The second-order valence-electron chi connectivity index (χ2n) is 2.41. The van der Waals surface area contributed by atoms with E-state index in [1.165, 1.54) is 0 Å². The van der Waals surface area contributed by atoms with Crippen molar-refractivity contribution in [3.05, 3.63) is 29.1 Å². The number of rotatable bonds is 3. The predicted octanol–water partition coefficient (Wildman–Crippen LogP) is 1.91. The molecule has 1 rings (SSSR count). The van der Waals surface area contributed by atoms with Crippen molar-refractivity contribution in [3.63, 3.8) is 0 Å². The smallest absolute Gasteiger partial charge is 0.506 e. The lowest BCUT2D eigenvalue weighted by Crippen LogP contribution is -2.24. The Hall–Kier alpha value is -1.06. The zero-order valence-corrected chi connectivity index (χ0v) is 7.86. The molecule has 0 fully saturated rings. The zero-order chi connectivity index (χ0) is 12.5. The van der Waals surface area contributed by atoms with Crippen LogP contribution in [0.1, 0.15) is 0 Å². The van der Waals surface area contributed by atoms with Crippen LogP contribution in [0.3, 0.4) is 0 Å². The van der Waals surface area contributed by atoms with Gasteiger partial charge in [0.1, 0.15) is 0 Å². The molecule has 0 spiro atoms. The van der Waals surface area contributed by atoms with E-state index in [2.05, 4.69) is 20.7 Å². The summed E-state index contributed by atoms with van der Waals surface area (Å²) in [5.74, 6) is -13.0. The van der Waals surface area contributed by atoms with E-state index in [0.29, 0.717) is 0 Å². The van der Waals surface area contributed by atoms with Crippen LogP contribution in [0.15, 0.2) is 0 Å². The van der Waals surface area contributed by atoms with E-state index in [4.69, 9.17) is 5.02 Å². The molecule has 0 bridgehead atoms. The lowest BCUT2D eigenvalue weighted by atomic mass is 10.2. The molecule has 0 aromatic heterocycles. The third kappa shape index (κ3) is 2.20. The Labute approximate surface area is 90.7 Å². The van der Waals surface area contributed by atoms with E-state index in [0.717, 1.165) is 0 Å². The minimum absolute atomic E-state index is 1.69. The average molecular weight is 262 g/mol. The van der Waals surface area contributed by atoms with Crippen molar-refractivity contribution in [1.29, 1.82) is 0 Å². The monoisotopic (exact) mass is 262 g/mol. The topological polar surface area (TPSA) is 38.7 Å². The van der Waals surface area contributed by atoms with E-state index in [9.17, 15) is 22.0 Å². The van der Waals surface area contributed by atoms with Crippen molar-refractivity contribution < 1.29 is 35.8 Å². The fraction of sp³-hybridized carbons (Fsp3) is 0. The maximum Gasteiger partial charge on any atom is 0.727 e. The fourth-order valence-electron chi connectivity index (χ4n) is 0.807. The van der Waals surface area contributed by atoms with E-state index in [1.54, 1.807) is 0 Å². The van der Waals surface area contributed by atoms with Gasteiger partial charge in [0.05, 0.1) is 0 Å². The van der Waals surface area contributed by atoms with Crippen molar-refractivity contribution in [2.24, 2.45) is 0 Å². The van der Waals surface area contributed by atoms with Gasteiger partial charge < -0.3 is 9.68 Å². The molecule has 1 aromatic carbocycles. The van der Waals surface area contributed by atoms with Gasteiger partial charge >= 0.3 is 7.32 Å². The molecule has 1 N–H and O–H groups in total. The van der Waals surface area contributed by atoms with Gasteiger partial charge in [-0.25, -0.2) is 13.2 Å². The Morgan fingerprint density at radius 1 is 0.875 bits per heavy atom.